The summed E-state index contributed by atoms with van der Waals surface area (Å²) in [5.41, 5.74) is 3.80. The molecule has 1 saturated carbocycles. The maximum absolute atomic E-state index is 14.7. The molecule has 2 aromatic rings. The van der Waals surface area contributed by atoms with E-state index in [1.165, 1.54) is 82.6 Å². The molecular formula is C29H42FN. The van der Waals surface area contributed by atoms with E-state index in [0.717, 1.165) is 30.0 Å². The first-order chi connectivity index (χ1) is 15.2. The van der Waals surface area contributed by atoms with Crippen molar-refractivity contribution in [2.24, 2.45) is 5.92 Å². The highest BCUT2D eigenvalue weighted by Gasteiger charge is 2.22. The molecule has 1 aromatic carbocycles. The number of nitrogens with zero attached hydrogens (tertiary/aromatic N) is 1. The Bertz CT molecular complexity index is 759. The Morgan fingerprint density at radius 2 is 1.58 bits per heavy atom. The lowest BCUT2D eigenvalue weighted by molar-refractivity contribution is 0.301. The highest BCUT2D eigenvalue weighted by atomic mass is 19.1. The molecule has 0 unspecified atom stereocenters. The van der Waals surface area contributed by atoms with E-state index < -0.39 is 0 Å². The van der Waals surface area contributed by atoms with Gasteiger partial charge in [0.1, 0.15) is 5.82 Å². The van der Waals surface area contributed by atoms with Crippen LogP contribution in [0.1, 0.15) is 114 Å². The Morgan fingerprint density at radius 1 is 0.839 bits per heavy atom. The molecule has 1 nitrogen and oxygen atoms in total. The largest absolute Gasteiger partial charge is 0.256 e. The molecule has 3 rings (SSSR count). The molecule has 0 N–H and O–H groups in total. The SMILES string of the molecule is CCCCCCCC1CCC(c2ccc(-c3ccc(CCCCC)cc3F)nc2)CC1. The minimum absolute atomic E-state index is 0.145. The van der Waals surface area contributed by atoms with Crippen LogP contribution in [0.15, 0.2) is 36.5 Å². The summed E-state index contributed by atoms with van der Waals surface area (Å²) in [6, 6.07) is 9.87. The Morgan fingerprint density at radius 3 is 2.26 bits per heavy atom. The fourth-order valence-corrected chi connectivity index (χ4v) is 5.13. The van der Waals surface area contributed by atoms with Crippen molar-refractivity contribution < 1.29 is 4.39 Å². The lowest BCUT2D eigenvalue weighted by Crippen LogP contribution is -2.13. The molecule has 0 aliphatic heterocycles. The van der Waals surface area contributed by atoms with Crippen molar-refractivity contribution in [3.63, 3.8) is 0 Å². The zero-order valence-electron chi connectivity index (χ0n) is 19.8. The van der Waals surface area contributed by atoms with Gasteiger partial charge in [-0.3, -0.25) is 4.98 Å². The summed E-state index contributed by atoms with van der Waals surface area (Å²) in [7, 11) is 0. The number of aryl methyl sites for hydroxylation is 1. The van der Waals surface area contributed by atoms with Gasteiger partial charge in [0, 0.05) is 11.8 Å². The fourth-order valence-electron chi connectivity index (χ4n) is 5.13. The molecule has 0 spiro atoms. The van der Waals surface area contributed by atoms with Crippen molar-refractivity contribution in [1.82, 2.24) is 4.98 Å². The third kappa shape index (κ3) is 7.44. The Kier molecular flexibility index (Phi) is 10.0. The third-order valence-electron chi connectivity index (χ3n) is 7.20. The van der Waals surface area contributed by atoms with Gasteiger partial charge in [0.2, 0.25) is 0 Å². The summed E-state index contributed by atoms with van der Waals surface area (Å²) in [6.07, 6.45) is 20.1. The Hall–Kier alpha value is -1.70. The molecule has 2 heteroatoms. The molecule has 1 aromatic heterocycles. The van der Waals surface area contributed by atoms with Crippen LogP contribution in [0.4, 0.5) is 4.39 Å². The summed E-state index contributed by atoms with van der Waals surface area (Å²) >= 11 is 0. The smallest absolute Gasteiger partial charge is 0.132 e. The van der Waals surface area contributed by atoms with Crippen LogP contribution in [0.3, 0.4) is 0 Å². The van der Waals surface area contributed by atoms with E-state index in [4.69, 9.17) is 0 Å². The fraction of sp³-hybridized carbons (Fsp3) is 0.621. The van der Waals surface area contributed by atoms with E-state index in [9.17, 15) is 4.39 Å². The predicted octanol–water partition coefficient (Wildman–Crippen LogP) is 9.25. The van der Waals surface area contributed by atoms with Gasteiger partial charge < -0.3 is 0 Å². The molecule has 1 aliphatic carbocycles. The second kappa shape index (κ2) is 13.0. The minimum Gasteiger partial charge on any atom is -0.256 e. The maximum atomic E-state index is 14.7. The van der Waals surface area contributed by atoms with Crippen molar-refractivity contribution in [3.05, 3.63) is 53.5 Å². The monoisotopic (exact) mass is 423 g/mol. The average molecular weight is 424 g/mol. The van der Waals surface area contributed by atoms with Crippen LogP contribution in [0.5, 0.6) is 0 Å². The third-order valence-corrected chi connectivity index (χ3v) is 7.20. The molecule has 1 heterocycles. The molecule has 0 radical (unpaired) electrons. The standard InChI is InChI=1S/C29H42FN/c1-3-5-7-8-10-11-23-13-16-25(17-14-23)26-18-20-29(31-22-26)27-19-15-24(21-28(27)30)12-9-6-4-2/h15,18-23,25H,3-14,16-17H2,1-2H3. The molecule has 0 atom stereocenters. The number of unbranched alkanes of at least 4 members (excludes halogenated alkanes) is 6. The van der Waals surface area contributed by atoms with Gasteiger partial charge >= 0.3 is 0 Å². The molecule has 1 aliphatic rings. The first-order valence-electron chi connectivity index (χ1n) is 13.0. The van der Waals surface area contributed by atoms with Crippen LogP contribution in [0.25, 0.3) is 11.3 Å². The van der Waals surface area contributed by atoms with Gasteiger partial charge in [-0.25, -0.2) is 4.39 Å². The molecule has 0 bridgehead atoms. The number of halogens is 1. The van der Waals surface area contributed by atoms with Crippen molar-refractivity contribution in [2.45, 2.75) is 110 Å². The topological polar surface area (TPSA) is 12.9 Å². The zero-order valence-corrected chi connectivity index (χ0v) is 19.8. The minimum atomic E-state index is -0.145. The summed E-state index contributed by atoms with van der Waals surface area (Å²) < 4.78 is 14.7. The van der Waals surface area contributed by atoms with E-state index in [-0.39, 0.29) is 5.82 Å². The lowest BCUT2D eigenvalue weighted by atomic mass is 9.77. The van der Waals surface area contributed by atoms with Crippen molar-refractivity contribution in [1.29, 1.82) is 0 Å². The molecule has 0 saturated heterocycles. The van der Waals surface area contributed by atoms with Crippen LogP contribution in [0.2, 0.25) is 0 Å². The zero-order chi connectivity index (χ0) is 21.9. The average Bonchev–Trinajstić information content (AvgIpc) is 2.80. The molecule has 170 valence electrons. The normalized spacial score (nSPS) is 18.9. The quantitative estimate of drug-likeness (QED) is 0.310. The van der Waals surface area contributed by atoms with Crippen LogP contribution in [0, 0.1) is 11.7 Å². The Balaban J connectivity index is 1.49. The number of pyridine rings is 1. The van der Waals surface area contributed by atoms with E-state index in [1.54, 1.807) is 6.07 Å². The van der Waals surface area contributed by atoms with Gasteiger partial charge in [-0.15, -0.1) is 0 Å². The molecule has 31 heavy (non-hydrogen) atoms. The van der Waals surface area contributed by atoms with Gasteiger partial charge in [0.25, 0.3) is 0 Å². The maximum Gasteiger partial charge on any atom is 0.132 e. The van der Waals surface area contributed by atoms with Gasteiger partial charge in [0.05, 0.1) is 5.69 Å². The van der Waals surface area contributed by atoms with Gasteiger partial charge in [-0.2, -0.15) is 0 Å². The van der Waals surface area contributed by atoms with Crippen LogP contribution in [-0.4, -0.2) is 4.98 Å². The van der Waals surface area contributed by atoms with Crippen LogP contribution >= 0.6 is 0 Å². The second-order valence-corrected chi connectivity index (χ2v) is 9.67. The van der Waals surface area contributed by atoms with Crippen LogP contribution < -0.4 is 0 Å². The van der Waals surface area contributed by atoms with Crippen LogP contribution in [-0.2, 0) is 6.42 Å². The number of hydrogen-bond donors (Lipinski definition) is 0. The van der Waals surface area contributed by atoms with E-state index in [2.05, 4.69) is 31.0 Å². The summed E-state index contributed by atoms with van der Waals surface area (Å²) in [5.74, 6) is 1.41. The van der Waals surface area contributed by atoms with Crippen molar-refractivity contribution >= 4 is 0 Å². The highest BCUT2D eigenvalue weighted by molar-refractivity contribution is 5.60. The number of benzene rings is 1. The first kappa shape index (κ1) is 24.0. The number of rotatable bonds is 12. The highest BCUT2D eigenvalue weighted by Crippen LogP contribution is 2.38. The summed E-state index contributed by atoms with van der Waals surface area (Å²) in [4.78, 5) is 4.65. The molecule has 1 fully saturated rings. The summed E-state index contributed by atoms with van der Waals surface area (Å²) in [5, 5.41) is 0. The van der Waals surface area contributed by atoms with Crippen molar-refractivity contribution in [2.75, 3.05) is 0 Å². The number of aromatic nitrogens is 1. The van der Waals surface area contributed by atoms with E-state index in [1.807, 2.05) is 18.3 Å². The van der Waals surface area contributed by atoms with Gasteiger partial charge in [0.15, 0.2) is 0 Å². The van der Waals surface area contributed by atoms with E-state index >= 15 is 0 Å². The van der Waals surface area contributed by atoms with Crippen molar-refractivity contribution in [3.8, 4) is 11.3 Å². The van der Waals surface area contributed by atoms with E-state index in [0.29, 0.717) is 11.5 Å². The Labute approximate surface area is 189 Å². The summed E-state index contributed by atoms with van der Waals surface area (Å²) in [6.45, 7) is 4.48. The molecular weight excluding hydrogens is 381 g/mol. The lowest BCUT2D eigenvalue weighted by Gasteiger charge is -2.28. The second-order valence-electron chi connectivity index (χ2n) is 9.67. The first-order valence-corrected chi connectivity index (χ1v) is 13.0. The van der Waals surface area contributed by atoms with Gasteiger partial charge in [-0.1, -0.05) is 77.3 Å². The van der Waals surface area contributed by atoms with Gasteiger partial charge in [-0.05, 0) is 79.7 Å². The number of hydrogen-bond acceptors (Lipinski definition) is 1. The molecule has 0 amide bonds. The predicted molar refractivity (Wildman–Crippen MR) is 131 cm³/mol.